The predicted molar refractivity (Wildman–Crippen MR) is 56.0 cm³/mol. The third-order valence-corrected chi connectivity index (χ3v) is 2.32. The third-order valence-electron chi connectivity index (χ3n) is 1.61. The van der Waals surface area contributed by atoms with Gasteiger partial charge in [0.15, 0.2) is 0 Å². The highest BCUT2D eigenvalue weighted by Crippen LogP contribution is 2.16. The molecule has 0 radical (unpaired) electrons. The van der Waals surface area contributed by atoms with Crippen LogP contribution in [0.2, 0.25) is 0 Å². The fraction of sp³-hybridized carbons (Fsp3) is 0.222. The van der Waals surface area contributed by atoms with Crippen molar-refractivity contribution in [3.63, 3.8) is 0 Å². The SMILES string of the molecule is CSc1ncccc1C(=O)NCC(=O)O. The molecule has 80 valence electrons. The van der Waals surface area contributed by atoms with Crippen molar-refractivity contribution < 1.29 is 14.7 Å². The van der Waals surface area contributed by atoms with Gasteiger partial charge in [-0.05, 0) is 18.4 Å². The fourth-order valence-electron chi connectivity index (χ4n) is 0.977. The number of rotatable bonds is 4. The molecule has 0 saturated carbocycles. The number of aromatic nitrogens is 1. The first-order valence-corrected chi connectivity index (χ1v) is 5.36. The molecule has 1 aromatic rings. The van der Waals surface area contributed by atoms with Crippen LogP contribution in [0.15, 0.2) is 23.4 Å². The Hall–Kier alpha value is -1.56. The summed E-state index contributed by atoms with van der Waals surface area (Å²) < 4.78 is 0. The molecule has 0 aliphatic carbocycles. The molecule has 0 aromatic carbocycles. The van der Waals surface area contributed by atoms with Gasteiger partial charge in [-0.15, -0.1) is 11.8 Å². The summed E-state index contributed by atoms with van der Waals surface area (Å²) in [6.45, 7) is -0.387. The quantitative estimate of drug-likeness (QED) is 0.736. The maximum Gasteiger partial charge on any atom is 0.322 e. The smallest absolute Gasteiger partial charge is 0.322 e. The van der Waals surface area contributed by atoms with Gasteiger partial charge in [-0.25, -0.2) is 4.98 Å². The number of thioether (sulfide) groups is 1. The fourth-order valence-corrected chi connectivity index (χ4v) is 1.52. The second-order valence-electron chi connectivity index (χ2n) is 2.64. The minimum atomic E-state index is -1.07. The zero-order valence-corrected chi connectivity index (χ0v) is 8.87. The highest BCUT2D eigenvalue weighted by Gasteiger charge is 2.11. The van der Waals surface area contributed by atoms with E-state index in [1.54, 1.807) is 24.6 Å². The van der Waals surface area contributed by atoms with Gasteiger partial charge < -0.3 is 10.4 Å². The van der Waals surface area contributed by atoms with Crippen LogP contribution in [0.5, 0.6) is 0 Å². The number of pyridine rings is 1. The van der Waals surface area contributed by atoms with E-state index in [1.807, 2.05) is 0 Å². The van der Waals surface area contributed by atoms with Gasteiger partial charge >= 0.3 is 5.97 Å². The summed E-state index contributed by atoms with van der Waals surface area (Å²) in [6, 6.07) is 3.24. The van der Waals surface area contributed by atoms with Crippen LogP contribution in [0, 0.1) is 0 Å². The molecule has 0 aliphatic rings. The van der Waals surface area contributed by atoms with E-state index >= 15 is 0 Å². The van der Waals surface area contributed by atoms with Gasteiger partial charge in [0.1, 0.15) is 11.6 Å². The van der Waals surface area contributed by atoms with Crippen LogP contribution in [0.25, 0.3) is 0 Å². The van der Waals surface area contributed by atoms with Gasteiger partial charge in [0.05, 0.1) is 5.56 Å². The van der Waals surface area contributed by atoms with Gasteiger partial charge in [0, 0.05) is 6.20 Å². The standard InChI is InChI=1S/C9H10N2O3S/c1-15-9-6(3-2-4-10-9)8(14)11-5-7(12)13/h2-4H,5H2,1H3,(H,11,14)(H,12,13). The molecule has 1 aromatic heterocycles. The molecule has 15 heavy (non-hydrogen) atoms. The molecule has 0 unspecified atom stereocenters. The zero-order valence-electron chi connectivity index (χ0n) is 8.06. The number of carbonyl (C=O) groups excluding carboxylic acids is 1. The molecule has 0 aliphatic heterocycles. The monoisotopic (exact) mass is 226 g/mol. The van der Waals surface area contributed by atoms with Crippen molar-refractivity contribution in [1.82, 2.24) is 10.3 Å². The van der Waals surface area contributed by atoms with Gasteiger partial charge in [-0.1, -0.05) is 0 Å². The Kier molecular flexibility index (Phi) is 4.11. The second-order valence-corrected chi connectivity index (χ2v) is 3.43. The largest absolute Gasteiger partial charge is 0.480 e. The maximum absolute atomic E-state index is 11.5. The summed E-state index contributed by atoms with van der Waals surface area (Å²) in [5, 5.41) is 11.3. The first-order valence-electron chi connectivity index (χ1n) is 4.14. The van der Waals surface area contributed by atoms with E-state index in [0.717, 1.165) is 0 Å². The van der Waals surface area contributed by atoms with Crippen LogP contribution in [-0.2, 0) is 4.79 Å². The Balaban J connectivity index is 2.77. The van der Waals surface area contributed by atoms with Crippen LogP contribution in [-0.4, -0.2) is 34.8 Å². The molecule has 5 nitrogen and oxygen atoms in total. The molecule has 0 saturated heterocycles. The minimum Gasteiger partial charge on any atom is -0.480 e. The lowest BCUT2D eigenvalue weighted by atomic mass is 10.2. The number of carboxylic acid groups (broad SMARTS) is 1. The molecule has 1 heterocycles. The molecule has 1 amide bonds. The maximum atomic E-state index is 11.5. The van der Waals surface area contributed by atoms with Gasteiger partial charge in [0.25, 0.3) is 5.91 Å². The van der Waals surface area contributed by atoms with E-state index < -0.39 is 11.9 Å². The number of amides is 1. The third kappa shape index (κ3) is 3.25. The molecule has 6 heteroatoms. The van der Waals surface area contributed by atoms with Crippen LogP contribution in [0.4, 0.5) is 0 Å². The van der Waals surface area contributed by atoms with Crippen LogP contribution in [0.3, 0.4) is 0 Å². The number of hydrogen-bond acceptors (Lipinski definition) is 4. The van der Waals surface area contributed by atoms with Crippen molar-refractivity contribution >= 4 is 23.6 Å². The molecular formula is C9H10N2O3S. The van der Waals surface area contributed by atoms with E-state index in [0.29, 0.717) is 10.6 Å². The van der Waals surface area contributed by atoms with E-state index in [4.69, 9.17) is 5.11 Å². The summed E-state index contributed by atoms with van der Waals surface area (Å²) in [4.78, 5) is 25.8. The minimum absolute atomic E-state index is 0.387. The lowest BCUT2D eigenvalue weighted by molar-refractivity contribution is -0.135. The van der Waals surface area contributed by atoms with E-state index in [9.17, 15) is 9.59 Å². The normalized spacial score (nSPS) is 9.67. The highest BCUT2D eigenvalue weighted by molar-refractivity contribution is 7.98. The molecule has 0 bridgehead atoms. The number of carbonyl (C=O) groups is 2. The van der Waals surface area contributed by atoms with Gasteiger partial charge in [-0.3, -0.25) is 9.59 Å². The number of nitrogens with one attached hydrogen (secondary N) is 1. The highest BCUT2D eigenvalue weighted by atomic mass is 32.2. The van der Waals surface area contributed by atoms with Crippen molar-refractivity contribution in [3.8, 4) is 0 Å². The Morgan fingerprint density at radius 3 is 2.93 bits per heavy atom. The van der Waals surface area contributed by atoms with Crippen molar-refractivity contribution in [2.45, 2.75) is 5.03 Å². The molecular weight excluding hydrogens is 216 g/mol. The molecule has 0 spiro atoms. The first kappa shape index (κ1) is 11.5. The second kappa shape index (κ2) is 5.35. The van der Waals surface area contributed by atoms with Crippen LogP contribution >= 0.6 is 11.8 Å². The molecule has 0 fully saturated rings. The number of nitrogens with zero attached hydrogens (tertiary/aromatic N) is 1. The number of hydrogen-bond donors (Lipinski definition) is 2. The average molecular weight is 226 g/mol. The lowest BCUT2D eigenvalue weighted by Gasteiger charge is -2.05. The Labute approximate surface area is 90.9 Å². The zero-order chi connectivity index (χ0) is 11.3. The summed E-state index contributed by atoms with van der Waals surface area (Å²) in [6.07, 6.45) is 3.39. The number of aliphatic carboxylic acids is 1. The van der Waals surface area contributed by atoms with E-state index in [2.05, 4.69) is 10.3 Å². The van der Waals surface area contributed by atoms with Crippen molar-refractivity contribution in [3.05, 3.63) is 23.9 Å². The van der Waals surface area contributed by atoms with E-state index in [-0.39, 0.29) is 6.54 Å². The van der Waals surface area contributed by atoms with Crippen molar-refractivity contribution in [1.29, 1.82) is 0 Å². The van der Waals surface area contributed by atoms with Gasteiger partial charge in [0.2, 0.25) is 0 Å². The van der Waals surface area contributed by atoms with Crippen molar-refractivity contribution in [2.24, 2.45) is 0 Å². The summed E-state index contributed by atoms with van der Waals surface area (Å²) in [5.74, 6) is -1.49. The summed E-state index contributed by atoms with van der Waals surface area (Å²) in [5.41, 5.74) is 0.395. The Morgan fingerprint density at radius 2 is 2.33 bits per heavy atom. The Bertz CT molecular complexity index is 381. The van der Waals surface area contributed by atoms with E-state index in [1.165, 1.54) is 11.8 Å². The average Bonchev–Trinajstić information content (AvgIpc) is 2.25. The Morgan fingerprint density at radius 1 is 1.60 bits per heavy atom. The van der Waals surface area contributed by atoms with Crippen LogP contribution < -0.4 is 5.32 Å². The predicted octanol–water partition coefficient (Wildman–Crippen LogP) is 0.618. The lowest BCUT2D eigenvalue weighted by Crippen LogP contribution is -2.29. The van der Waals surface area contributed by atoms with Gasteiger partial charge in [-0.2, -0.15) is 0 Å². The first-order chi connectivity index (χ1) is 7.15. The van der Waals surface area contributed by atoms with Crippen molar-refractivity contribution in [2.75, 3.05) is 12.8 Å². The molecule has 0 atom stereocenters. The topological polar surface area (TPSA) is 79.3 Å². The summed E-state index contributed by atoms with van der Waals surface area (Å²) in [7, 11) is 0. The number of carboxylic acids is 1. The van der Waals surface area contributed by atoms with Crippen LogP contribution in [0.1, 0.15) is 10.4 Å². The summed E-state index contributed by atoms with van der Waals surface area (Å²) >= 11 is 1.34. The molecule has 1 rings (SSSR count). The molecule has 2 N–H and O–H groups in total.